The van der Waals surface area contributed by atoms with Crippen molar-refractivity contribution in [3.63, 3.8) is 0 Å². The summed E-state index contributed by atoms with van der Waals surface area (Å²) >= 11 is 0. The van der Waals surface area contributed by atoms with Crippen LogP contribution in [0.1, 0.15) is 32.3 Å². The van der Waals surface area contributed by atoms with Crippen molar-refractivity contribution in [2.24, 2.45) is 4.99 Å². The minimum atomic E-state index is 0.426. The number of likely N-dealkylation sites (tertiary alicyclic amines) is 1. The molecule has 0 spiro atoms. The number of benzene rings is 1. The Kier molecular flexibility index (Phi) is 7.05. The predicted molar refractivity (Wildman–Crippen MR) is 111 cm³/mol. The lowest BCUT2D eigenvalue weighted by atomic mass is 10.0. The van der Waals surface area contributed by atoms with Gasteiger partial charge in [-0.25, -0.2) is 0 Å². The molecule has 0 radical (unpaired) electrons. The van der Waals surface area contributed by atoms with E-state index in [2.05, 4.69) is 79.9 Å². The first-order valence-corrected chi connectivity index (χ1v) is 9.05. The summed E-state index contributed by atoms with van der Waals surface area (Å²) in [6.45, 7) is 10.3. The molecular formula is C22H31N3. The summed E-state index contributed by atoms with van der Waals surface area (Å²) in [7, 11) is 4.12. The minimum absolute atomic E-state index is 0.426. The van der Waals surface area contributed by atoms with Gasteiger partial charge in [-0.15, -0.1) is 0 Å². The van der Waals surface area contributed by atoms with E-state index in [-0.39, 0.29) is 0 Å². The molecule has 25 heavy (non-hydrogen) atoms. The van der Waals surface area contributed by atoms with Gasteiger partial charge in [-0.3, -0.25) is 4.99 Å². The summed E-state index contributed by atoms with van der Waals surface area (Å²) in [5.74, 6) is 0. The highest BCUT2D eigenvalue weighted by molar-refractivity contribution is 5.88. The van der Waals surface area contributed by atoms with Crippen LogP contribution in [0, 0.1) is 0 Å². The van der Waals surface area contributed by atoms with E-state index in [1.165, 1.54) is 22.5 Å². The maximum atomic E-state index is 4.77. The zero-order valence-electron chi connectivity index (χ0n) is 16.1. The van der Waals surface area contributed by atoms with E-state index < -0.39 is 0 Å². The fourth-order valence-electron chi connectivity index (χ4n) is 3.02. The Bertz CT molecular complexity index is 642. The highest BCUT2D eigenvalue weighted by atomic mass is 15.1. The Hall–Kier alpha value is -2.29. The SMILES string of the molecule is C=C(C)N1CCC(N=C/C=C(\C=C\C)c2ccc(N(C)C)cc2)CC1. The number of hydrogen-bond acceptors (Lipinski definition) is 3. The van der Waals surface area contributed by atoms with Crippen molar-refractivity contribution in [1.29, 1.82) is 0 Å². The smallest absolute Gasteiger partial charge is 0.0533 e. The van der Waals surface area contributed by atoms with E-state index in [4.69, 9.17) is 4.99 Å². The van der Waals surface area contributed by atoms with Crippen LogP contribution < -0.4 is 4.90 Å². The molecule has 1 aromatic rings. The quantitative estimate of drug-likeness (QED) is 0.549. The zero-order valence-corrected chi connectivity index (χ0v) is 16.1. The number of anilines is 1. The zero-order chi connectivity index (χ0) is 18.2. The predicted octanol–water partition coefficient (Wildman–Crippen LogP) is 4.78. The highest BCUT2D eigenvalue weighted by Gasteiger charge is 2.17. The molecule has 0 N–H and O–H groups in total. The van der Waals surface area contributed by atoms with Gasteiger partial charge in [0.05, 0.1) is 6.04 Å². The Balaban J connectivity index is 2.03. The van der Waals surface area contributed by atoms with E-state index in [0.717, 1.165) is 25.9 Å². The Morgan fingerprint density at radius 1 is 1.20 bits per heavy atom. The van der Waals surface area contributed by atoms with Crippen LogP contribution >= 0.6 is 0 Å². The molecule has 134 valence electrons. The second-order valence-corrected chi connectivity index (χ2v) is 6.81. The number of piperidine rings is 1. The van der Waals surface area contributed by atoms with Crippen LogP contribution in [0.15, 0.2) is 59.8 Å². The highest BCUT2D eigenvalue weighted by Crippen LogP contribution is 2.20. The summed E-state index contributed by atoms with van der Waals surface area (Å²) < 4.78 is 0. The second-order valence-electron chi connectivity index (χ2n) is 6.81. The van der Waals surface area contributed by atoms with Crippen molar-refractivity contribution in [3.05, 3.63) is 60.3 Å². The average molecular weight is 338 g/mol. The number of hydrogen-bond donors (Lipinski definition) is 0. The van der Waals surface area contributed by atoms with E-state index in [1.807, 2.05) is 13.1 Å². The van der Waals surface area contributed by atoms with E-state index in [9.17, 15) is 0 Å². The molecule has 0 aliphatic carbocycles. The van der Waals surface area contributed by atoms with Gasteiger partial charge in [0, 0.05) is 44.8 Å². The monoisotopic (exact) mass is 337 g/mol. The lowest BCUT2D eigenvalue weighted by Crippen LogP contribution is -2.33. The standard InChI is InChI=1S/C22H31N3/c1-6-7-19(20-8-10-22(11-9-20)24(4)5)12-15-23-21-13-16-25(17-14-21)18(2)3/h6-12,15,21H,2,13-14,16-17H2,1,3-5H3/b7-6+,19-12+,23-15?. The molecule has 0 aromatic heterocycles. The van der Waals surface area contributed by atoms with Gasteiger partial charge >= 0.3 is 0 Å². The largest absolute Gasteiger partial charge is 0.378 e. The first-order chi connectivity index (χ1) is 12.0. The third-order valence-corrected chi connectivity index (χ3v) is 4.62. The Morgan fingerprint density at radius 2 is 1.84 bits per heavy atom. The number of allylic oxidation sites excluding steroid dienone is 5. The fraction of sp³-hybridized carbons (Fsp3) is 0.409. The first kappa shape index (κ1) is 19.0. The second kappa shape index (κ2) is 9.26. The molecule has 1 aliphatic heterocycles. The van der Waals surface area contributed by atoms with Gasteiger partial charge in [0.2, 0.25) is 0 Å². The lowest BCUT2D eigenvalue weighted by molar-refractivity contribution is 0.266. The van der Waals surface area contributed by atoms with Gasteiger partial charge in [-0.1, -0.05) is 30.9 Å². The van der Waals surface area contributed by atoms with Gasteiger partial charge < -0.3 is 9.80 Å². The van der Waals surface area contributed by atoms with Crippen molar-refractivity contribution >= 4 is 17.5 Å². The third-order valence-electron chi connectivity index (χ3n) is 4.62. The van der Waals surface area contributed by atoms with Crippen LogP contribution in [-0.2, 0) is 0 Å². The first-order valence-electron chi connectivity index (χ1n) is 9.05. The summed E-state index contributed by atoms with van der Waals surface area (Å²) in [5, 5.41) is 0. The van der Waals surface area contributed by atoms with Gasteiger partial charge in [0.15, 0.2) is 0 Å². The molecule has 1 heterocycles. The fourth-order valence-corrected chi connectivity index (χ4v) is 3.02. The van der Waals surface area contributed by atoms with Gasteiger partial charge in [-0.05, 0) is 56.0 Å². The van der Waals surface area contributed by atoms with Crippen LogP contribution in [0.2, 0.25) is 0 Å². The molecule has 0 bridgehead atoms. The van der Waals surface area contributed by atoms with Crippen molar-refractivity contribution in [2.75, 3.05) is 32.1 Å². The van der Waals surface area contributed by atoms with Crippen molar-refractivity contribution in [3.8, 4) is 0 Å². The molecule has 0 unspecified atom stereocenters. The number of rotatable bonds is 6. The molecule has 0 atom stereocenters. The van der Waals surface area contributed by atoms with Crippen molar-refractivity contribution in [1.82, 2.24) is 4.90 Å². The molecular weight excluding hydrogens is 306 g/mol. The molecule has 2 rings (SSSR count). The molecule has 0 amide bonds. The molecule has 1 fully saturated rings. The Morgan fingerprint density at radius 3 is 2.36 bits per heavy atom. The molecule has 1 saturated heterocycles. The summed E-state index contributed by atoms with van der Waals surface area (Å²) in [6, 6.07) is 9.06. The topological polar surface area (TPSA) is 18.8 Å². The minimum Gasteiger partial charge on any atom is -0.378 e. The average Bonchev–Trinajstić information content (AvgIpc) is 2.61. The van der Waals surface area contributed by atoms with Crippen LogP contribution in [0.5, 0.6) is 0 Å². The van der Waals surface area contributed by atoms with Crippen LogP contribution in [0.25, 0.3) is 5.57 Å². The third kappa shape index (κ3) is 5.63. The van der Waals surface area contributed by atoms with Gasteiger partial charge in [0.1, 0.15) is 0 Å². The van der Waals surface area contributed by atoms with E-state index >= 15 is 0 Å². The molecule has 3 nitrogen and oxygen atoms in total. The van der Waals surface area contributed by atoms with E-state index in [0.29, 0.717) is 6.04 Å². The molecule has 3 heteroatoms. The Labute approximate surface area is 153 Å². The van der Waals surface area contributed by atoms with Crippen molar-refractivity contribution in [2.45, 2.75) is 32.7 Å². The lowest BCUT2D eigenvalue weighted by Gasteiger charge is -2.31. The van der Waals surface area contributed by atoms with Crippen LogP contribution in [0.3, 0.4) is 0 Å². The van der Waals surface area contributed by atoms with Crippen molar-refractivity contribution < 1.29 is 0 Å². The summed E-state index contributed by atoms with van der Waals surface area (Å²) in [6.07, 6.45) is 10.5. The maximum Gasteiger partial charge on any atom is 0.0533 e. The van der Waals surface area contributed by atoms with Crippen LogP contribution in [-0.4, -0.2) is 44.3 Å². The van der Waals surface area contributed by atoms with Crippen LogP contribution in [0.4, 0.5) is 5.69 Å². The molecule has 0 saturated carbocycles. The number of nitrogens with zero attached hydrogens (tertiary/aromatic N) is 3. The van der Waals surface area contributed by atoms with Gasteiger partial charge in [-0.2, -0.15) is 0 Å². The normalized spacial score (nSPS) is 16.8. The van der Waals surface area contributed by atoms with E-state index in [1.54, 1.807) is 0 Å². The molecule has 1 aliphatic rings. The maximum absolute atomic E-state index is 4.77. The number of aliphatic imine (C=N–C) groups is 1. The summed E-state index contributed by atoms with van der Waals surface area (Å²) in [5.41, 5.74) is 4.78. The summed E-state index contributed by atoms with van der Waals surface area (Å²) in [4.78, 5) is 9.23. The van der Waals surface area contributed by atoms with Gasteiger partial charge in [0.25, 0.3) is 0 Å². The molecule has 1 aromatic carbocycles.